The minimum Gasteiger partial charge on any atom is -0.359 e. The summed E-state index contributed by atoms with van der Waals surface area (Å²) in [5.74, 6) is -0.178. The molecule has 7 nitrogen and oxygen atoms in total. The normalized spacial score (nSPS) is 15.4. The molecule has 2 heterocycles. The number of nitro benzene ring substituents is 1. The predicted octanol–water partition coefficient (Wildman–Crippen LogP) is 4.72. The molecular formula is C20H15ClN4O3. The van der Waals surface area contributed by atoms with Gasteiger partial charge in [0.15, 0.2) is 6.17 Å². The van der Waals surface area contributed by atoms with Crippen LogP contribution in [0.4, 0.5) is 17.1 Å². The maximum atomic E-state index is 13.0. The van der Waals surface area contributed by atoms with E-state index in [-0.39, 0.29) is 16.6 Å². The maximum Gasteiger partial charge on any atom is 0.271 e. The lowest BCUT2D eigenvalue weighted by Crippen LogP contribution is -2.32. The largest absolute Gasteiger partial charge is 0.359 e. The zero-order valence-electron chi connectivity index (χ0n) is 14.8. The molecule has 1 atom stereocenters. The number of carbonyl (C=O) groups excluding carboxylic acids is 1. The highest BCUT2D eigenvalue weighted by Gasteiger charge is 2.39. The number of amides is 1. The highest BCUT2D eigenvalue weighted by Crippen LogP contribution is 2.38. The summed E-state index contributed by atoms with van der Waals surface area (Å²) in [6.07, 6.45) is 1.03. The van der Waals surface area contributed by atoms with Crippen LogP contribution in [0.5, 0.6) is 0 Å². The van der Waals surface area contributed by atoms with Crippen molar-refractivity contribution in [3.8, 4) is 0 Å². The Balaban J connectivity index is 1.76. The van der Waals surface area contributed by atoms with Gasteiger partial charge >= 0.3 is 0 Å². The number of aromatic nitrogens is 1. The average molecular weight is 395 g/mol. The average Bonchev–Trinajstić information content (AvgIpc) is 2.96. The van der Waals surface area contributed by atoms with Crippen LogP contribution < -0.4 is 10.2 Å². The summed E-state index contributed by atoms with van der Waals surface area (Å²) in [6.45, 7) is 1.97. The molecular weight excluding hydrogens is 380 g/mol. The molecule has 3 aromatic rings. The minimum atomic E-state index is -0.592. The van der Waals surface area contributed by atoms with Crippen LogP contribution in [-0.2, 0) is 0 Å². The van der Waals surface area contributed by atoms with Crippen molar-refractivity contribution in [2.45, 2.75) is 13.1 Å². The van der Waals surface area contributed by atoms with E-state index in [1.54, 1.807) is 23.2 Å². The molecule has 0 saturated carbocycles. The summed E-state index contributed by atoms with van der Waals surface area (Å²) in [4.78, 5) is 29.5. The molecule has 1 aliphatic heterocycles. The lowest BCUT2D eigenvalue weighted by atomic mass is 10.2. The highest BCUT2D eigenvalue weighted by molar-refractivity contribution is 6.33. The number of carbonyl (C=O) groups is 1. The van der Waals surface area contributed by atoms with Crippen LogP contribution in [0.3, 0.4) is 0 Å². The molecule has 8 heteroatoms. The SMILES string of the molecule is Cc1ccc(N2C(=O)c3cccnc3C2Nc2ccc([N+](=O)[O-])cc2Cl)cc1. The predicted molar refractivity (Wildman–Crippen MR) is 107 cm³/mol. The molecule has 0 radical (unpaired) electrons. The number of pyridine rings is 1. The number of nitrogens with zero attached hydrogens (tertiary/aromatic N) is 3. The molecule has 1 amide bonds. The summed E-state index contributed by atoms with van der Waals surface area (Å²) in [5, 5.41) is 14.3. The topological polar surface area (TPSA) is 88.4 Å². The summed E-state index contributed by atoms with van der Waals surface area (Å²) in [7, 11) is 0. The molecule has 140 valence electrons. The number of halogens is 1. The van der Waals surface area contributed by atoms with Gasteiger partial charge in [0, 0.05) is 24.0 Å². The minimum absolute atomic E-state index is 0.105. The van der Waals surface area contributed by atoms with Gasteiger partial charge in [-0.2, -0.15) is 0 Å². The van der Waals surface area contributed by atoms with E-state index in [9.17, 15) is 14.9 Å². The quantitative estimate of drug-likeness (QED) is 0.510. The molecule has 0 saturated heterocycles. The van der Waals surface area contributed by atoms with Crippen molar-refractivity contribution in [2.75, 3.05) is 10.2 Å². The number of rotatable bonds is 4. The molecule has 0 spiro atoms. The van der Waals surface area contributed by atoms with Crippen molar-refractivity contribution in [3.05, 3.63) is 92.8 Å². The second kappa shape index (κ2) is 6.94. The third-order valence-corrected chi connectivity index (χ3v) is 4.89. The fourth-order valence-electron chi connectivity index (χ4n) is 3.17. The van der Waals surface area contributed by atoms with Gasteiger partial charge in [-0.3, -0.25) is 24.8 Å². The van der Waals surface area contributed by atoms with Crippen LogP contribution in [0.25, 0.3) is 0 Å². The Morgan fingerprint density at radius 3 is 2.61 bits per heavy atom. The number of non-ortho nitro benzene ring substituents is 1. The van der Waals surface area contributed by atoms with Crippen molar-refractivity contribution < 1.29 is 9.72 Å². The molecule has 0 bridgehead atoms. The monoisotopic (exact) mass is 394 g/mol. The summed E-state index contributed by atoms with van der Waals surface area (Å²) < 4.78 is 0. The highest BCUT2D eigenvalue weighted by atomic mass is 35.5. The lowest BCUT2D eigenvalue weighted by molar-refractivity contribution is -0.384. The zero-order chi connectivity index (χ0) is 19.8. The number of anilines is 2. The second-order valence-corrected chi connectivity index (χ2v) is 6.82. The molecule has 1 unspecified atom stereocenters. The van der Waals surface area contributed by atoms with E-state index in [2.05, 4.69) is 10.3 Å². The van der Waals surface area contributed by atoms with E-state index in [1.807, 2.05) is 31.2 Å². The van der Waals surface area contributed by atoms with Crippen LogP contribution in [0, 0.1) is 17.0 Å². The number of nitro groups is 1. The van der Waals surface area contributed by atoms with Crippen LogP contribution in [0.15, 0.2) is 60.8 Å². The van der Waals surface area contributed by atoms with Crippen molar-refractivity contribution in [1.29, 1.82) is 0 Å². The number of hydrogen-bond acceptors (Lipinski definition) is 5. The first kappa shape index (κ1) is 17.9. The van der Waals surface area contributed by atoms with Crippen molar-refractivity contribution in [1.82, 2.24) is 4.98 Å². The third kappa shape index (κ3) is 3.05. The van der Waals surface area contributed by atoms with Crippen LogP contribution in [0.2, 0.25) is 5.02 Å². The molecule has 28 heavy (non-hydrogen) atoms. The first-order valence-corrected chi connectivity index (χ1v) is 8.89. The van der Waals surface area contributed by atoms with Crippen LogP contribution >= 0.6 is 11.6 Å². The Bertz CT molecular complexity index is 1090. The second-order valence-electron chi connectivity index (χ2n) is 6.42. The third-order valence-electron chi connectivity index (χ3n) is 4.57. The Hall–Kier alpha value is -3.45. The summed E-state index contributed by atoms with van der Waals surface area (Å²) in [5.41, 5.74) is 3.23. The molecule has 2 aromatic carbocycles. The van der Waals surface area contributed by atoms with Gasteiger partial charge in [-0.25, -0.2) is 0 Å². The van der Waals surface area contributed by atoms with Gasteiger partial charge in [-0.15, -0.1) is 0 Å². The Morgan fingerprint density at radius 1 is 1.18 bits per heavy atom. The standard InChI is InChI=1S/C20H15ClN4O3/c1-12-4-6-13(7-5-12)24-19(18-15(20(24)26)3-2-10-22-18)23-17-9-8-14(25(27)28)11-16(17)21/h2-11,19,23H,1H3. The van der Waals surface area contributed by atoms with E-state index in [4.69, 9.17) is 11.6 Å². The van der Waals surface area contributed by atoms with Crippen molar-refractivity contribution in [3.63, 3.8) is 0 Å². The van der Waals surface area contributed by atoms with Crippen LogP contribution in [-0.4, -0.2) is 15.8 Å². The Morgan fingerprint density at radius 2 is 1.93 bits per heavy atom. The Labute approximate surface area is 165 Å². The summed E-state index contributed by atoms with van der Waals surface area (Å²) >= 11 is 6.24. The molecule has 0 aliphatic carbocycles. The lowest BCUT2D eigenvalue weighted by Gasteiger charge is -2.27. The Kier molecular flexibility index (Phi) is 4.44. The number of fused-ring (bicyclic) bond motifs is 1. The fraction of sp³-hybridized carbons (Fsp3) is 0.100. The van der Waals surface area contributed by atoms with Gasteiger partial charge in [0.05, 0.1) is 26.9 Å². The zero-order valence-corrected chi connectivity index (χ0v) is 15.6. The molecule has 4 rings (SSSR count). The molecule has 1 N–H and O–H groups in total. The van der Waals surface area contributed by atoms with E-state index in [0.29, 0.717) is 22.6 Å². The van der Waals surface area contributed by atoms with E-state index in [0.717, 1.165) is 5.56 Å². The first-order valence-electron chi connectivity index (χ1n) is 8.51. The number of nitrogens with one attached hydrogen (secondary N) is 1. The van der Waals surface area contributed by atoms with E-state index in [1.165, 1.54) is 18.2 Å². The van der Waals surface area contributed by atoms with Gasteiger partial charge in [-0.1, -0.05) is 29.3 Å². The number of aryl methyl sites for hydroxylation is 1. The number of benzene rings is 2. The van der Waals surface area contributed by atoms with Gasteiger partial charge in [0.25, 0.3) is 11.6 Å². The summed E-state index contributed by atoms with van der Waals surface area (Å²) in [6, 6.07) is 15.2. The van der Waals surface area contributed by atoms with E-state index < -0.39 is 11.1 Å². The number of hydrogen-bond donors (Lipinski definition) is 1. The van der Waals surface area contributed by atoms with E-state index >= 15 is 0 Å². The molecule has 0 fully saturated rings. The van der Waals surface area contributed by atoms with Gasteiger partial charge in [0.2, 0.25) is 0 Å². The maximum absolute atomic E-state index is 13.0. The van der Waals surface area contributed by atoms with Crippen LogP contribution in [0.1, 0.15) is 27.8 Å². The molecule has 1 aliphatic rings. The van der Waals surface area contributed by atoms with Crippen molar-refractivity contribution in [2.24, 2.45) is 0 Å². The smallest absolute Gasteiger partial charge is 0.271 e. The van der Waals surface area contributed by atoms with Gasteiger partial charge in [0.1, 0.15) is 0 Å². The molecule has 1 aromatic heterocycles. The fourth-order valence-corrected chi connectivity index (χ4v) is 3.40. The van der Waals surface area contributed by atoms with Gasteiger partial charge < -0.3 is 5.32 Å². The van der Waals surface area contributed by atoms with Crippen molar-refractivity contribution >= 4 is 34.6 Å². The first-order chi connectivity index (χ1) is 13.5. The van der Waals surface area contributed by atoms with Gasteiger partial charge in [-0.05, 0) is 37.3 Å².